The number of rotatable bonds is 14. The van der Waals surface area contributed by atoms with Gasteiger partial charge in [-0.3, -0.25) is 19.2 Å². The van der Waals surface area contributed by atoms with Crippen molar-refractivity contribution in [2.45, 2.75) is 57.3 Å². The van der Waals surface area contributed by atoms with Gasteiger partial charge >= 0.3 is 11.9 Å². The summed E-state index contributed by atoms with van der Waals surface area (Å²) in [4.78, 5) is 64.6. The smallest absolute Gasteiger partial charge is 0.327 e. The maximum absolute atomic E-state index is 13.1. The van der Waals surface area contributed by atoms with Crippen molar-refractivity contribution in [3.8, 4) is 0 Å². The second kappa shape index (κ2) is 13.7. The average molecular weight is 536 g/mol. The van der Waals surface area contributed by atoms with Gasteiger partial charge in [0.05, 0.1) is 12.5 Å². The number of nitrogens with two attached hydrogens (primary N) is 1. The number of carboxylic acid groups (broad SMARTS) is 2. The first-order chi connectivity index (χ1) is 17.5. The molecule has 202 valence electrons. The Kier molecular flexibility index (Phi) is 10.9. The highest BCUT2D eigenvalue weighted by Crippen LogP contribution is 2.19. The van der Waals surface area contributed by atoms with E-state index in [0.717, 1.165) is 10.9 Å². The number of amides is 3. The molecule has 13 heteroatoms. The number of fused-ring (bicyclic) bond motifs is 1. The number of aromatic amines is 1. The number of thiol groups is 1. The molecular weight excluding hydrogens is 502 g/mol. The number of hydrogen-bond donors (Lipinski definition) is 8. The minimum atomic E-state index is -1.52. The van der Waals surface area contributed by atoms with Crippen LogP contribution in [0, 0.1) is 5.92 Å². The molecule has 0 aliphatic rings. The molecule has 37 heavy (non-hydrogen) atoms. The molecule has 0 radical (unpaired) electrons. The summed E-state index contributed by atoms with van der Waals surface area (Å²) in [5, 5.41) is 26.6. The van der Waals surface area contributed by atoms with Crippen LogP contribution in [0.5, 0.6) is 0 Å². The summed E-state index contributed by atoms with van der Waals surface area (Å²) < 4.78 is 0. The molecule has 2 aromatic rings. The van der Waals surface area contributed by atoms with E-state index in [2.05, 4.69) is 33.6 Å². The Labute approximate surface area is 219 Å². The summed E-state index contributed by atoms with van der Waals surface area (Å²) in [6.07, 6.45) is 1.46. The largest absolute Gasteiger partial charge is 0.481 e. The molecule has 1 aromatic heterocycles. The lowest BCUT2D eigenvalue weighted by molar-refractivity contribution is -0.142. The van der Waals surface area contributed by atoms with Gasteiger partial charge < -0.3 is 36.9 Å². The Hall–Kier alpha value is -3.58. The van der Waals surface area contributed by atoms with Crippen LogP contribution in [0.15, 0.2) is 30.5 Å². The maximum atomic E-state index is 13.1. The Bertz CT molecular complexity index is 1140. The summed E-state index contributed by atoms with van der Waals surface area (Å²) in [5.74, 6) is -5.51. The van der Waals surface area contributed by atoms with E-state index in [4.69, 9.17) is 5.73 Å². The van der Waals surface area contributed by atoms with Gasteiger partial charge in [-0.2, -0.15) is 12.6 Å². The second-order valence-electron chi connectivity index (χ2n) is 8.78. The predicted molar refractivity (Wildman–Crippen MR) is 139 cm³/mol. The molecule has 3 amide bonds. The number of carboxylic acids is 2. The van der Waals surface area contributed by atoms with E-state index in [1.807, 2.05) is 25.1 Å². The van der Waals surface area contributed by atoms with Crippen LogP contribution in [0.3, 0.4) is 0 Å². The lowest BCUT2D eigenvalue weighted by atomic mass is 9.98. The molecule has 5 atom stereocenters. The first kappa shape index (κ1) is 29.6. The highest BCUT2D eigenvalue weighted by molar-refractivity contribution is 7.80. The third kappa shape index (κ3) is 8.22. The number of para-hydroxylation sites is 1. The first-order valence-electron chi connectivity index (χ1n) is 11.8. The summed E-state index contributed by atoms with van der Waals surface area (Å²) in [5.41, 5.74) is 7.37. The molecule has 0 aliphatic heterocycles. The van der Waals surface area contributed by atoms with Crippen molar-refractivity contribution in [3.63, 3.8) is 0 Å². The Morgan fingerprint density at radius 1 is 0.973 bits per heavy atom. The zero-order valence-electron chi connectivity index (χ0n) is 20.6. The van der Waals surface area contributed by atoms with E-state index in [0.29, 0.717) is 12.0 Å². The fourth-order valence-corrected chi connectivity index (χ4v) is 3.87. The molecule has 5 unspecified atom stereocenters. The molecule has 0 spiro atoms. The van der Waals surface area contributed by atoms with E-state index in [1.54, 1.807) is 19.2 Å². The van der Waals surface area contributed by atoms with E-state index >= 15 is 0 Å². The van der Waals surface area contributed by atoms with E-state index < -0.39 is 60.2 Å². The second-order valence-corrected chi connectivity index (χ2v) is 9.14. The van der Waals surface area contributed by atoms with Crippen LogP contribution >= 0.6 is 12.6 Å². The fraction of sp³-hybridized carbons (Fsp3) is 0.458. The molecule has 1 aromatic carbocycles. The monoisotopic (exact) mass is 535 g/mol. The van der Waals surface area contributed by atoms with E-state index in [-0.39, 0.29) is 18.1 Å². The zero-order chi connectivity index (χ0) is 27.7. The van der Waals surface area contributed by atoms with Crippen LogP contribution in [0.25, 0.3) is 10.9 Å². The van der Waals surface area contributed by atoms with Gasteiger partial charge in [0.2, 0.25) is 17.7 Å². The highest BCUT2D eigenvalue weighted by Gasteiger charge is 2.32. The Morgan fingerprint density at radius 3 is 2.16 bits per heavy atom. The van der Waals surface area contributed by atoms with Crippen molar-refractivity contribution in [1.82, 2.24) is 20.9 Å². The molecule has 0 saturated heterocycles. The van der Waals surface area contributed by atoms with Gasteiger partial charge in [-0.05, 0) is 17.5 Å². The highest BCUT2D eigenvalue weighted by atomic mass is 32.1. The topological polar surface area (TPSA) is 204 Å². The van der Waals surface area contributed by atoms with Crippen molar-refractivity contribution in [2.75, 3.05) is 5.75 Å². The van der Waals surface area contributed by atoms with Crippen LogP contribution in [-0.2, 0) is 30.4 Å². The lowest BCUT2D eigenvalue weighted by Crippen LogP contribution is -2.58. The van der Waals surface area contributed by atoms with Crippen LogP contribution in [-0.4, -0.2) is 74.8 Å². The van der Waals surface area contributed by atoms with Crippen LogP contribution in [0.4, 0.5) is 0 Å². The quantitative estimate of drug-likeness (QED) is 0.155. The summed E-state index contributed by atoms with van der Waals surface area (Å²) in [6.45, 7) is 3.58. The van der Waals surface area contributed by atoms with Gasteiger partial charge in [-0.15, -0.1) is 0 Å². The van der Waals surface area contributed by atoms with Crippen molar-refractivity contribution >= 4 is 53.2 Å². The normalized spacial score (nSPS) is 15.1. The minimum Gasteiger partial charge on any atom is -0.481 e. The molecule has 0 fully saturated rings. The molecule has 0 aliphatic carbocycles. The van der Waals surface area contributed by atoms with Crippen LogP contribution in [0.2, 0.25) is 0 Å². The summed E-state index contributed by atoms with van der Waals surface area (Å²) in [7, 11) is 0. The van der Waals surface area contributed by atoms with E-state index in [1.165, 1.54) is 0 Å². The van der Waals surface area contributed by atoms with Crippen molar-refractivity contribution in [1.29, 1.82) is 0 Å². The molecule has 0 saturated carbocycles. The number of hydrogen-bond acceptors (Lipinski definition) is 7. The number of carbonyl (C=O) groups excluding carboxylic acids is 3. The van der Waals surface area contributed by atoms with Crippen molar-refractivity contribution in [3.05, 3.63) is 36.0 Å². The minimum absolute atomic E-state index is 0.0411. The fourth-order valence-electron chi connectivity index (χ4n) is 3.62. The molecule has 0 bridgehead atoms. The summed E-state index contributed by atoms with van der Waals surface area (Å²) in [6, 6.07) is 2.17. The number of nitrogens with one attached hydrogen (secondary N) is 4. The van der Waals surface area contributed by atoms with Gasteiger partial charge in [0.1, 0.15) is 18.1 Å². The van der Waals surface area contributed by atoms with Gasteiger partial charge in [0, 0.05) is 29.3 Å². The maximum Gasteiger partial charge on any atom is 0.327 e. The van der Waals surface area contributed by atoms with Gasteiger partial charge in [-0.1, -0.05) is 38.5 Å². The molecular formula is C24H33N5O7S. The number of carbonyl (C=O) groups is 5. The van der Waals surface area contributed by atoms with Gasteiger partial charge in [0.15, 0.2) is 0 Å². The van der Waals surface area contributed by atoms with E-state index in [9.17, 15) is 34.2 Å². The van der Waals surface area contributed by atoms with Crippen LogP contribution in [0.1, 0.15) is 32.3 Å². The SMILES string of the molecule is CCC(C)C(N)C(=O)NC(CC(=O)O)C(=O)NC(Cc1c[nH]c2ccccc12)C(=O)NC(CS)C(=O)O. The summed E-state index contributed by atoms with van der Waals surface area (Å²) >= 11 is 3.94. The zero-order valence-corrected chi connectivity index (χ0v) is 21.5. The van der Waals surface area contributed by atoms with Crippen molar-refractivity contribution < 1.29 is 34.2 Å². The number of aromatic nitrogens is 1. The van der Waals surface area contributed by atoms with Crippen LogP contribution < -0.4 is 21.7 Å². The molecule has 8 N–H and O–H groups in total. The average Bonchev–Trinajstić information content (AvgIpc) is 3.27. The third-order valence-electron chi connectivity index (χ3n) is 6.10. The molecule has 12 nitrogen and oxygen atoms in total. The Morgan fingerprint density at radius 2 is 1.57 bits per heavy atom. The van der Waals surface area contributed by atoms with Gasteiger partial charge in [-0.25, -0.2) is 4.79 Å². The van der Waals surface area contributed by atoms with Gasteiger partial charge in [0.25, 0.3) is 0 Å². The number of benzene rings is 1. The standard InChI is InChI=1S/C24H33N5O7S/c1-3-12(2)20(25)23(34)28-17(9-19(30)31)22(33)27-16(21(32)29-18(11-37)24(35)36)8-13-10-26-15-7-5-4-6-14(13)15/h4-7,10,12,16-18,20,26,37H,3,8-9,11,25H2,1-2H3,(H,27,33)(H,28,34)(H,29,32)(H,30,31)(H,35,36). The lowest BCUT2D eigenvalue weighted by Gasteiger charge is -2.25. The predicted octanol–water partition coefficient (Wildman–Crippen LogP) is 0.0273. The van der Waals surface area contributed by atoms with Crippen molar-refractivity contribution in [2.24, 2.45) is 11.7 Å². The number of aliphatic carboxylic acids is 2. The molecule has 2 rings (SSSR count). The Balaban J connectivity index is 2.31. The number of H-pyrrole nitrogens is 1. The molecule has 1 heterocycles. The first-order valence-corrected chi connectivity index (χ1v) is 12.4. The third-order valence-corrected chi connectivity index (χ3v) is 6.47.